The van der Waals surface area contributed by atoms with Gasteiger partial charge in [-0.3, -0.25) is 9.59 Å². The number of esters is 1. The summed E-state index contributed by atoms with van der Waals surface area (Å²) in [5.74, 6) is -0.567. The second-order valence-corrected chi connectivity index (χ2v) is 6.57. The van der Waals surface area contributed by atoms with Crippen LogP contribution in [-0.4, -0.2) is 49.1 Å². The van der Waals surface area contributed by atoms with Crippen LogP contribution in [0.2, 0.25) is 0 Å². The van der Waals surface area contributed by atoms with Crippen LogP contribution in [0.3, 0.4) is 0 Å². The highest BCUT2D eigenvalue weighted by Gasteiger charge is 2.21. The summed E-state index contributed by atoms with van der Waals surface area (Å²) in [7, 11) is 2.96. The number of nitrogens with zero attached hydrogens (tertiary/aromatic N) is 2. The Labute approximate surface area is 189 Å². The van der Waals surface area contributed by atoms with Gasteiger partial charge in [-0.05, 0) is 31.2 Å². The van der Waals surface area contributed by atoms with Crippen LogP contribution in [0, 0.1) is 0 Å². The minimum atomic E-state index is -0.785. The maximum absolute atomic E-state index is 12.6. The van der Waals surface area contributed by atoms with E-state index in [1.807, 2.05) is 0 Å². The van der Waals surface area contributed by atoms with Crippen molar-refractivity contribution >= 4 is 17.6 Å². The fraction of sp³-hybridized carbons (Fsp3) is 0.217. The van der Waals surface area contributed by atoms with Crippen LogP contribution in [0.15, 0.2) is 59.4 Å². The predicted molar refractivity (Wildman–Crippen MR) is 119 cm³/mol. The van der Waals surface area contributed by atoms with Gasteiger partial charge in [0.05, 0.1) is 38.3 Å². The first-order valence-electron chi connectivity index (χ1n) is 9.98. The third-order valence-electron chi connectivity index (χ3n) is 4.41. The molecule has 3 rings (SSSR count). The number of benzene rings is 2. The molecule has 3 aromatic rings. The van der Waals surface area contributed by atoms with Gasteiger partial charge in [0.2, 0.25) is 5.69 Å². The molecular weight excluding hydrogens is 430 g/mol. The summed E-state index contributed by atoms with van der Waals surface area (Å²) in [6.45, 7) is 1.24. The van der Waals surface area contributed by atoms with Gasteiger partial charge in [-0.1, -0.05) is 18.2 Å². The zero-order valence-corrected chi connectivity index (χ0v) is 18.4. The number of nitrogens with one attached hydrogen (secondary N) is 1. The van der Waals surface area contributed by atoms with Gasteiger partial charge in [-0.2, -0.15) is 9.78 Å². The van der Waals surface area contributed by atoms with E-state index in [-0.39, 0.29) is 18.1 Å². The predicted octanol–water partition coefficient (Wildman–Crippen LogP) is 2.44. The Balaban J connectivity index is 1.84. The summed E-state index contributed by atoms with van der Waals surface area (Å²) in [6.07, 6.45) is 0. The maximum atomic E-state index is 12.6. The molecule has 0 aliphatic rings. The molecule has 0 atom stereocenters. The Morgan fingerprint density at radius 2 is 1.76 bits per heavy atom. The van der Waals surface area contributed by atoms with E-state index >= 15 is 0 Å². The van der Waals surface area contributed by atoms with Crippen molar-refractivity contribution in [3.63, 3.8) is 0 Å². The highest BCUT2D eigenvalue weighted by molar-refractivity contribution is 5.94. The Morgan fingerprint density at radius 3 is 2.42 bits per heavy atom. The van der Waals surface area contributed by atoms with Gasteiger partial charge in [0, 0.05) is 6.07 Å². The second-order valence-electron chi connectivity index (χ2n) is 6.57. The van der Waals surface area contributed by atoms with Gasteiger partial charge in [0.1, 0.15) is 11.5 Å². The molecule has 0 saturated carbocycles. The SMILES string of the molecule is CCOC(=O)c1nn(-c2ccccc2)c(=O)cc1OCC(=O)Nc1cc(OC)ccc1OC. The number of carbonyl (C=O) groups is 2. The molecule has 1 heterocycles. The fourth-order valence-electron chi connectivity index (χ4n) is 2.89. The summed E-state index contributed by atoms with van der Waals surface area (Å²) in [5.41, 5.74) is 0.0577. The molecule has 0 unspecified atom stereocenters. The number of hydrogen-bond acceptors (Lipinski definition) is 8. The van der Waals surface area contributed by atoms with Crippen LogP contribution < -0.4 is 25.1 Å². The van der Waals surface area contributed by atoms with E-state index < -0.39 is 24.0 Å². The number of ether oxygens (including phenoxy) is 4. The Morgan fingerprint density at radius 1 is 1.00 bits per heavy atom. The molecule has 1 amide bonds. The van der Waals surface area contributed by atoms with Gasteiger partial charge >= 0.3 is 5.97 Å². The van der Waals surface area contributed by atoms with Crippen LogP contribution in [0.4, 0.5) is 5.69 Å². The largest absolute Gasteiger partial charge is 0.497 e. The molecule has 10 heteroatoms. The molecule has 0 radical (unpaired) electrons. The lowest BCUT2D eigenvalue weighted by molar-refractivity contribution is -0.118. The molecule has 0 bridgehead atoms. The minimum absolute atomic E-state index is 0.0978. The first-order chi connectivity index (χ1) is 16.0. The number of anilines is 1. The van der Waals surface area contributed by atoms with Crippen molar-refractivity contribution in [3.8, 4) is 22.9 Å². The summed E-state index contributed by atoms with van der Waals surface area (Å²) >= 11 is 0. The molecule has 0 spiro atoms. The second kappa shape index (κ2) is 10.8. The van der Waals surface area contributed by atoms with E-state index in [4.69, 9.17) is 18.9 Å². The smallest absolute Gasteiger partial charge is 0.362 e. The molecule has 0 aliphatic carbocycles. The van der Waals surface area contributed by atoms with Crippen molar-refractivity contribution < 1.29 is 28.5 Å². The monoisotopic (exact) mass is 453 g/mol. The average Bonchev–Trinajstić information content (AvgIpc) is 2.83. The van der Waals surface area contributed by atoms with E-state index in [1.54, 1.807) is 55.5 Å². The number of para-hydroxylation sites is 1. The standard InChI is InChI=1S/C23H23N3O7/c1-4-32-23(29)22-19(13-21(28)26(25-22)15-8-6-5-7-9-15)33-14-20(27)24-17-12-16(30-2)10-11-18(17)31-3/h5-13H,4,14H2,1-3H3,(H,24,27). The van der Waals surface area contributed by atoms with Crippen molar-refractivity contribution in [3.05, 3.63) is 70.6 Å². The summed E-state index contributed by atoms with van der Waals surface area (Å²) in [6, 6.07) is 14.6. The fourth-order valence-corrected chi connectivity index (χ4v) is 2.89. The van der Waals surface area contributed by atoms with Crippen LogP contribution in [-0.2, 0) is 9.53 Å². The van der Waals surface area contributed by atoms with Gasteiger partial charge in [0.25, 0.3) is 11.5 Å². The summed E-state index contributed by atoms with van der Waals surface area (Å²) in [5, 5.41) is 6.75. The molecule has 172 valence electrons. The molecule has 2 aromatic carbocycles. The van der Waals surface area contributed by atoms with Crippen LogP contribution in [0.25, 0.3) is 5.69 Å². The van der Waals surface area contributed by atoms with Crippen molar-refractivity contribution in [1.82, 2.24) is 9.78 Å². The van der Waals surface area contributed by atoms with Crippen molar-refractivity contribution in [2.24, 2.45) is 0 Å². The molecule has 0 saturated heterocycles. The zero-order chi connectivity index (χ0) is 23.8. The van der Waals surface area contributed by atoms with Crippen LogP contribution in [0.5, 0.6) is 17.2 Å². The van der Waals surface area contributed by atoms with Crippen molar-refractivity contribution in [1.29, 1.82) is 0 Å². The lowest BCUT2D eigenvalue weighted by Gasteiger charge is -2.14. The van der Waals surface area contributed by atoms with Crippen LogP contribution >= 0.6 is 0 Å². The Hall–Kier alpha value is -4.34. The third kappa shape index (κ3) is 5.67. The van der Waals surface area contributed by atoms with E-state index in [0.717, 1.165) is 10.7 Å². The normalized spacial score (nSPS) is 10.3. The van der Waals surface area contributed by atoms with Gasteiger partial charge < -0.3 is 24.3 Å². The quantitative estimate of drug-likeness (QED) is 0.491. The number of amides is 1. The first kappa shape index (κ1) is 23.3. The molecule has 33 heavy (non-hydrogen) atoms. The third-order valence-corrected chi connectivity index (χ3v) is 4.41. The highest BCUT2D eigenvalue weighted by Crippen LogP contribution is 2.28. The molecule has 10 nitrogen and oxygen atoms in total. The number of aromatic nitrogens is 2. The highest BCUT2D eigenvalue weighted by atomic mass is 16.5. The van der Waals surface area contributed by atoms with Crippen LogP contribution in [0.1, 0.15) is 17.4 Å². The van der Waals surface area contributed by atoms with E-state index in [1.165, 1.54) is 14.2 Å². The lowest BCUT2D eigenvalue weighted by atomic mass is 10.2. The minimum Gasteiger partial charge on any atom is -0.497 e. The van der Waals surface area contributed by atoms with Gasteiger partial charge in [-0.15, -0.1) is 0 Å². The van der Waals surface area contributed by atoms with E-state index in [0.29, 0.717) is 22.9 Å². The molecule has 0 fully saturated rings. The first-order valence-corrected chi connectivity index (χ1v) is 9.98. The van der Waals surface area contributed by atoms with Gasteiger partial charge in [-0.25, -0.2) is 4.79 Å². The molecule has 0 aliphatic heterocycles. The Kier molecular flexibility index (Phi) is 7.64. The van der Waals surface area contributed by atoms with Gasteiger partial charge in [0.15, 0.2) is 12.4 Å². The maximum Gasteiger partial charge on any atom is 0.362 e. The molecule has 1 aromatic heterocycles. The number of carbonyl (C=O) groups excluding carboxylic acids is 2. The molecule has 1 N–H and O–H groups in total. The van der Waals surface area contributed by atoms with Crippen molar-refractivity contribution in [2.45, 2.75) is 6.92 Å². The number of methoxy groups -OCH3 is 2. The average molecular weight is 453 g/mol. The van der Waals surface area contributed by atoms with Crippen molar-refractivity contribution in [2.75, 3.05) is 32.8 Å². The summed E-state index contributed by atoms with van der Waals surface area (Å²) in [4.78, 5) is 37.5. The number of hydrogen-bond donors (Lipinski definition) is 1. The lowest BCUT2D eigenvalue weighted by Crippen LogP contribution is -2.27. The Bertz CT molecular complexity index is 1190. The molecular formula is C23H23N3O7. The summed E-state index contributed by atoms with van der Waals surface area (Å²) < 4.78 is 22.0. The van der Waals surface area contributed by atoms with E-state index in [9.17, 15) is 14.4 Å². The zero-order valence-electron chi connectivity index (χ0n) is 18.4. The topological polar surface area (TPSA) is 118 Å². The number of rotatable bonds is 9. The van der Waals surface area contributed by atoms with E-state index in [2.05, 4.69) is 10.4 Å².